The fourth-order valence-electron chi connectivity index (χ4n) is 0.879. The second-order valence-corrected chi connectivity index (χ2v) is 2.40. The number of alkyl halides is 2. The summed E-state index contributed by atoms with van der Waals surface area (Å²) in [6.07, 6.45) is -3.27. The molecule has 0 aliphatic heterocycles. The van der Waals surface area contributed by atoms with Crippen molar-refractivity contribution in [3.05, 3.63) is 33.4 Å². The SMILES string of the molecule is N#Cc1cc([N+](=O)[O-])c(C(F)F)nc1F. The summed E-state index contributed by atoms with van der Waals surface area (Å²) in [4.78, 5) is 11.8. The molecule has 0 bridgehead atoms. The zero-order chi connectivity index (χ0) is 11.6. The Labute approximate surface area is 80.9 Å². The van der Waals surface area contributed by atoms with Gasteiger partial charge in [-0.25, -0.2) is 13.8 Å². The van der Waals surface area contributed by atoms with Gasteiger partial charge >= 0.3 is 0 Å². The van der Waals surface area contributed by atoms with E-state index in [9.17, 15) is 23.3 Å². The quantitative estimate of drug-likeness (QED) is 0.430. The number of hydrogen-bond donors (Lipinski definition) is 0. The van der Waals surface area contributed by atoms with Crippen LogP contribution in [0.4, 0.5) is 18.9 Å². The Balaban J connectivity index is 3.47. The molecular weight excluding hydrogens is 215 g/mol. The van der Waals surface area contributed by atoms with Crippen molar-refractivity contribution in [2.45, 2.75) is 6.43 Å². The molecule has 1 heterocycles. The Kier molecular flexibility index (Phi) is 2.85. The lowest BCUT2D eigenvalue weighted by Gasteiger charge is -2.01. The lowest BCUT2D eigenvalue weighted by Crippen LogP contribution is -2.03. The summed E-state index contributed by atoms with van der Waals surface area (Å²) in [6.45, 7) is 0. The van der Waals surface area contributed by atoms with Gasteiger partial charge in [0.25, 0.3) is 12.1 Å². The molecule has 0 fully saturated rings. The van der Waals surface area contributed by atoms with Gasteiger partial charge in [-0.1, -0.05) is 0 Å². The van der Waals surface area contributed by atoms with Crippen molar-refractivity contribution < 1.29 is 18.1 Å². The van der Waals surface area contributed by atoms with E-state index in [2.05, 4.69) is 4.98 Å². The molecule has 0 unspecified atom stereocenters. The fourth-order valence-corrected chi connectivity index (χ4v) is 0.879. The average molecular weight is 217 g/mol. The van der Waals surface area contributed by atoms with E-state index in [1.165, 1.54) is 6.07 Å². The molecule has 0 N–H and O–H groups in total. The van der Waals surface area contributed by atoms with Crippen LogP contribution in [-0.2, 0) is 0 Å². The Bertz CT molecular complexity index is 456. The van der Waals surface area contributed by atoms with Crippen LogP contribution >= 0.6 is 0 Å². The van der Waals surface area contributed by atoms with Crippen LogP contribution in [0.3, 0.4) is 0 Å². The van der Waals surface area contributed by atoms with Crippen molar-refractivity contribution in [2.24, 2.45) is 0 Å². The molecule has 1 rings (SSSR count). The highest BCUT2D eigenvalue weighted by molar-refractivity contribution is 5.43. The van der Waals surface area contributed by atoms with Crippen LogP contribution in [-0.4, -0.2) is 9.91 Å². The molecular formula is C7H2F3N3O2. The largest absolute Gasteiger partial charge is 0.298 e. The monoisotopic (exact) mass is 217 g/mol. The van der Waals surface area contributed by atoms with Gasteiger partial charge in [0, 0.05) is 6.07 Å². The minimum atomic E-state index is -3.27. The second-order valence-electron chi connectivity index (χ2n) is 2.40. The van der Waals surface area contributed by atoms with E-state index in [1.54, 1.807) is 0 Å². The van der Waals surface area contributed by atoms with Crippen molar-refractivity contribution in [3.8, 4) is 6.07 Å². The van der Waals surface area contributed by atoms with E-state index in [0.29, 0.717) is 6.07 Å². The summed E-state index contributed by atoms with van der Waals surface area (Å²) in [5.74, 6) is -1.45. The lowest BCUT2D eigenvalue weighted by atomic mass is 10.2. The van der Waals surface area contributed by atoms with Gasteiger partial charge in [0.2, 0.25) is 5.95 Å². The standard InChI is InChI=1S/C7H2F3N3O2/c8-6(9)5-4(13(14)15)1-3(2-11)7(10)12-5/h1,6H. The highest BCUT2D eigenvalue weighted by Crippen LogP contribution is 2.28. The lowest BCUT2D eigenvalue weighted by molar-refractivity contribution is -0.386. The third-order valence-electron chi connectivity index (χ3n) is 1.51. The Morgan fingerprint density at radius 3 is 2.60 bits per heavy atom. The Morgan fingerprint density at radius 1 is 1.60 bits per heavy atom. The van der Waals surface area contributed by atoms with Crippen LogP contribution < -0.4 is 0 Å². The molecule has 15 heavy (non-hydrogen) atoms. The molecule has 0 spiro atoms. The van der Waals surface area contributed by atoms with Gasteiger partial charge in [-0.05, 0) is 0 Å². The van der Waals surface area contributed by atoms with Crippen molar-refractivity contribution in [1.82, 2.24) is 4.98 Å². The molecule has 0 aliphatic carbocycles. The predicted molar refractivity (Wildman–Crippen MR) is 40.5 cm³/mol. The number of nitrogens with zero attached hydrogens (tertiary/aromatic N) is 3. The molecule has 1 aromatic heterocycles. The number of aromatic nitrogens is 1. The first-order valence-electron chi connectivity index (χ1n) is 3.50. The summed E-state index contributed by atoms with van der Waals surface area (Å²) in [5, 5.41) is 18.6. The third-order valence-corrected chi connectivity index (χ3v) is 1.51. The van der Waals surface area contributed by atoms with E-state index in [0.717, 1.165) is 0 Å². The molecule has 78 valence electrons. The summed E-state index contributed by atoms with van der Waals surface area (Å²) < 4.78 is 37.1. The molecule has 1 aromatic rings. The van der Waals surface area contributed by atoms with E-state index in [4.69, 9.17) is 5.26 Å². The van der Waals surface area contributed by atoms with Crippen molar-refractivity contribution in [1.29, 1.82) is 5.26 Å². The van der Waals surface area contributed by atoms with Gasteiger partial charge in [-0.15, -0.1) is 0 Å². The Hall–Kier alpha value is -2.17. The topological polar surface area (TPSA) is 79.8 Å². The van der Waals surface area contributed by atoms with Gasteiger partial charge in [-0.2, -0.15) is 9.65 Å². The molecule has 0 aromatic carbocycles. The number of pyridine rings is 1. The van der Waals surface area contributed by atoms with Gasteiger partial charge in [-0.3, -0.25) is 10.1 Å². The first-order valence-corrected chi connectivity index (χ1v) is 3.50. The number of rotatable bonds is 2. The van der Waals surface area contributed by atoms with E-state index < -0.39 is 34.2 Å². The number of nitro groups is 1. The van der Waals surface area contributed by atoms with Crippen molar-refractivity contribution in [2.75, 3.05) is 0 Å². The molecule has 0 saturated heterocycles. The molecule has 0 amide bonds. The fraction of sp³-hybridized carbons (Fsp3) is 0.143. The highest BCUT2D eigenvalue weighted by Gasteiger charge is 2.26. The first-order chi connectivity index (χ1) is 6.97. The molecule has 8 heteroatoms. The van der Waals surface area contributed by atoms with Crippen molar-refractivity contribution in [3.63, 3.8) is 0 Å². The van der Waals surface area contributed by atoms with E-state index in [-0.39, 0.29) is 0 Å². The first kappa shape index (κ1) is 10.9. The summed E-state index contributed by atoms with van der Waals surface area (Å²) >= 11 is 0. The van der Waals surface area contributed by atoms with E-state index in [1.807, 2.05) is 0 Å². The van der Waals surface area contributed by atoms with Crippen LogP contribution in [0.5, 0.6) is 0 Å². The van der Waals surface area contributed by atoms with Gasteiger partial charge in [0.05, 0.1) is 4.92 Å². The summed E-state index contributed by atoms with van der Waals surface area (Å²) in [5.41, 5.74) is -3.09. The van der Waals surface area contributed by atoms with Crippen molar-refractivity contribution >= 4 is 5.69 Å². The van der Waals surface area contributed by atoms with Gasteiger partial charge in [0.15, 0.2) is 5.69 Å². The second kappa shape index (κ2) is 3.91. The normalized spacial score (nSPS) is 10.1. The molecule has 0 atom stereocenters. The Morgan fingerprint density at radius 2 is 2.20 bits per heavy atom. The maximum Gasteiger partial charge on any atom is 0.298 e. The zero-order valence-corrected chi connectivity index (χ0v) is 6.95. The average Bonchev–Trinajstić information content (AvgIpc) is 2.16. The molecule has 0 aliphatic rings. The van der Waals surface area contributed by atoms with E-state index >= 15 is 0 Å². The smallest absolute Gasteiger partial charge is 0.258 e. The van der Waals surface area contributed by atoms with Gasteiger partial charge in [0.1, 0.15) is 11.6 Å². The van der Waals surface area contributed by atoms with Crippen LogP contribution in [0, 0.1) is 27.4 Å². The summed E-state index contributed by atoms with van der Waals surface area (Å²) in [7, 11) is 0. The number of nitriles is 1. The predicted octanol–water partition coefficient (Wildman–Crippen LogP) is 1.94. The van der Waals surface area contributed by atoms with Crippen LogP contribution in [0.25, 0.3) is 0 Å². The molecule has 0 radical (unpaired) electrons. The maximum atomic E-state index is 12.8. The summed E-state index contributed by atoms with van der Waals surface area (Å²) in [6, 6.07) is 1.70. The van der Waals surface area contributed by atoms with Gasteiger partial charge < -0.3 is 0 Å². The minimum Gasteiger partial charge on any atom is -0.258 e. The number of hydrogen-bond acceptors (Lipinski definition) is 4. The highest BCUT2D eigenvalue weighted by atomic mass is 19.3. The third kappa shape index (κ3) is 2.01. The zero-order valence-electron chi connectivity index (χ0n) is 6.95. The minimum absolute atomic E-state index is 0.434. The van der Waals surface area contributed by atoms with Crippen LogP contribution in [0.15, 0.2) is 6.07 Å². The van der Waals surface area contributed by atoms with Crippen LogP contribution in [0.1, 0.15) is 17.7 Å². The molecule has 0 saturated carbocycles. The number of halogens is 3. The molecule has 5 nitrogen and oxygen atoms in total. The maximum absolute atomic E-state index is 12.8. The van der Waals surface area contributed by atoms with Crippen LogP contribution in [0.2, 0.25) is 0 Å².